The molecule has 0 amide bonds. The zero-order valence-corrected chi connectivity index (χ0v) is 8.80. The highest BCUT2D eigenvalue weighted by Crippen LogP contribution is 1.79. The van der Waals surface area contributed by atoms with Crippen molar-refractivity contribution in [2.75, 3.05) is 13.1 Å². The van der Waals surface area contributed by atoms with Gasteiger partial charge in [-0.05, 0) is 20.8 Å². The Labute approximate surface area is 79.3 Å². The molecule has 5 nitrogen and oxygen atoms in total. The van der Waals surface area contributed by atoms with E-state index in [9.17, 15) is 0 Å². The molecule has 0 aromatic carbocycles. The van der Waals surface area contributed by atoms with Crippen molar-refractivity contribution in [2.24, 2.45) is 0 Å². The quantitative estimate of drug-likeness (QED) is 0.397. The van der Waals surface area contributed by atoms with Crippen molar-refractivity contribution in [3.63, 3.8) is 0 Å². The third-order valence-electron chi connectivity index (χ3n) is 1.03. The van der Waals surface area contributed by atoms with Gasteiger partial charge in [0.2, 0.25) is 0 Å². The molecule has 0 aromatic heterocycles. The van der Waals surface area contributed by atoms with Gasteiger partial charge in [-0.2, -0.15) is 8.42 Å². The topological polar surface area (TPSA) is 77.8 Å². The van der Waals surface area contributed by atoms with Gasteiger partial charge in [-0.3, -0.25) is 9.11 Å². The van der Waals surface area contributed by atoms with E-state index in [1.54, 1.807) is 0 Å². The van der Waals surface area contributed by atoms with E-state index in [1.807, 2.05) is 6.92 Å². The predicted molar refractivity (Wildman–Crippen MR) is 50.5 cm³/mol. The summed E-state index contributed by atoms with van der Waals surface area (Å²) in [7, 11) is -4.67. The Balaban J connectivity index is 0. The number of rotatable bonds is 2. The molecule has 0 aliphatic carbocycles. The van der Waals surface area contributed by atoms with Crippen LogP contribution in [0.15, 0.2) is 0 Å². The van der Waals surface area contributed by atoms with E-state index in [1.165, 1.54) is 0 Å². The molecule has 13 heavy (non-hydrogen) atoms. The number of hydrogen-bond acceptors (Lipinski definition) is 3. The Morgan fingerprint density at radius 3 is 1.62 bits per heavy atom. The Morgan fingerprint density at radius 2 is 1.54 bits per heavy atom. The van der Waals surface area contributed by atoms with Gasteiger partial charge in [-0.1, -0.05) is 5.92 Å². The first-order valence-electron chi connectivity index (χ1n) is 3.72. The maximum absolute atomic E-state index is 8.74. The molecule has 0 fully saturated rings. The van der Waals surface area contributed by atoms with Crippen molar-refractivity contribution in [3.8, 4) is 12.0 Å². The van der Waals surface area contributed by atoms with Crippen LogP contribution in [0.1, 0.15) is 20.8 Å². The molecule has 0 saturated heterocycles. The van der Waals surface area contributed by atoms with Gasteiger partial charge >= 0.3 is 10.4 Å². The zero-order chi connectivity index (χ0) is 10.9. The number of hydrogen-bond donors (Lipinski definition) is 2. The van der Waals surface area contributed by atoms with Crippen LogP contribution in [0.5, 0.6) is 0 Å². The summed E-state index contributed by atoms with van der Waals surface area (Å²) >= 11 is 0. The zero-order valence-electron chi connectivity index (χ0n) is 7.98. The predicted octanol–water partition coefficient (Wildman–Crippen LogP) is 0.656. The van der Waals surface area contributed by atoms with Crippen molar-refractivity contribution < 1.29 is 17.5 Å². The highest BCUT2D eigenvalue weighted by atomic mass is 32.3. The first-order valence-corrected chi connectivity index (χ1v) is 5.12. The van der Waals surface area contributed by atoms with Crippen LogP contribution < -0.4 is 0 Å². The Bertz CT molecular complexity index is 250. The van der Waals surface area contributed by atoms with Crippen molar-refractivity contribution in [1.29, 1.82) is 0 Å². The molecular weight excluding hydrogens is 194 g/mol. The summed E-state index contributed by atoms with van der Waals surface area (Å²) < 4.78 is 31.6. The van der Waals surface area contributed by atoms with E-state index < -0.39 is 10.4 Å². The first-order chi connectivity index (χ1) is 5.85. The smallest absolute Gasteiger partial charge is 0.333 e. The summed E-state index contributed by atoms with van der Waals surface area (Å²) in [5, 5.41) is 0. The third kappa shape index (κ3) is 24.6. The second-order valence-electron chi connectivity index (χ2n) is 1.98. The van der Waals surface area contributed by atoms with E-state index in [4.69, 9.17) is 17.5 Å². The lowest BCUT2D eigenvalue weighted by atomic mass is 10.5. The monoisotopic (exact) mass is 209 g/mol. The molecule has 0 aromatic rings. The van der Waals surface area contributed by atoms with Gasteiger partial charge in [0.15, 0.2) is 0 Å². The highest BCUT2D eigenvalue weighted by Gasteiger charge is 1.85. The van der Waals surface area contributed by atoms with Crippen LogP contribution in [0.25, 0.3) is 0 Å². The van der Waals surface area contributed by atoms with Crippen LogP contribution in [-0.2, 0) is 10.4 Å². The molecular formula is C7H15NO4S. The van der Waals surface area contributed by atoms with Crippen molar-refractivity contribution in [3.05, 3.63) is 0 Å². The standard InChI is InChI=1S/C7H13N.H2O4S/c1-4-7-8(5-2)6-3;1-5(2,3)4/h5-6H2,1-3H3;(H2,1,2,3,4). The van der Waals surface area contributed by atoms with E-state index in [0.717, 1.165) is 13.1 Å². The minimum atomic E-state index is -4.67. The van der Waals surface area contributed by atoms with Gasteiger partial charge in [-0.15, -0.1) is 0 Å². The molecule has 0 aliphatic heterocycles. The maximum atomic E-state index is 8.74. The van der Waals surface area contributed by atoms with Crippen LogP contribution in [0, 0.1) is 12.0 Å². The number of nitrogens with zero attached hydrogens (tertiary/aromatic N) is 1. The van der Waals surface area contributed by atoms with E-state index in [-0.39, 0.29) is 0 Å². The third-order valence-corrected chi connectivity index (χ3v) is 1.03. The summed E-state index contributed by atoms with van der Waals surface area (Å²) in [6.07, 6.45) is 0. The van der Waals surface area contributed by atoms with E-state index in [0.29, 0.717) is 0 Å². The Kier molecular flexibility index (Phi) is 8.91. The average molecular weight is 209 g/mol. The van der Waals surface area contributed by atoms with Crippen LogP contribution in [0.4, 0.5) is 0 Å². The van der Waals surface area contributed by atoms with Gasteiger partial charge in [0, 0.05) is 19.1 Å². The van der Waals surface area contributed by atoms with Crippen molar-refractivity contribution in [1.82, 2.24) is 4.90 Å². The van der Waals surface area contributed by atoms with Crippen LogP contribution in [0.2, 0.25) is 0 Å². The molecule has 0 saturated carbocycles. The van der Waals surface area contributed by atoms with Crippen LogP contribution >= 0.6 is 0 Å². The molecule has 0 aliphatic rings. The van der Waals surface area contributed by atoms with Gasteiger partial charge in [0.25, 0.3) is 0 Å². The Morgan fingerprint density at radius 1 is 1.23 bits per heavy atom. The van der Waals surface area contributed by atoms with E-state index >= 15 is 0 Å². The molecule has 0 heterocycles. The summed E-state index contributed by atoms with van der Waals surface area (Å²) in [6.45, 7) is 8.12. The largest absolute Gasteiger partial charge is 0.394 e. The van der Waals surface area contributed by atoms with Crippen LogP contribution in [0.3, 0.4) is 0 Å². The van der Waals surface area contributed by atoms with Gasteiger partial charge < -0.3 is 4.90 Å². The summed E-state index contributed by atoms with van der Waals surface area (Å²) in [5.41, 5.74) is 0. The molecule has 0 bridgehead atoms. The lowest BCUT2D eigenvalue weighted by Crippen LogP contribution is -2.15. The van der Waals surface area contributed by atoms with Crippen LogP contribution in [-0.4, -0.2) is 35.5 Å². The van der Waals surface area contributed by atoms with Crippen molar-refractivity contribution >= 4 is 10.4 Å². The molecule has 6 heteroatoms. The lowest BCUT2D eigenvalue weighted by Gasteiger charge is -2.09. The van der Waals surface area contributed by atoms with Gasteiger partial charge in [0.1, 0.15) is 0 Å². The molecule has 78 valence electrons. The molecule has 0 rings (SSSR count). The fourth-order valence-electron chi connectivity index (χ4n) is 0.540. The van der Waals surface area contributed by atoms with Gasteiger partial charge in [0.05, 0.1) is 0 Å². The summed E-state index contributed by atoms with van der Waals surface area (Å²) in [5.74, 6) is 2.85. The highest BCUT2D eigenvalue weighted by molar-refractivity contribution is 7.79. The normalized spacial score (nSPS) is 9.00. The Hall–Kier alpha value is -0.770. The second kappa shape index (κ2) is 7.86. The van der Waals surface area contributed by atoms with Gasteiger partial charge in [-0.25, -0.2) is 0 Å². The fourth-order valence-corrected chi connectivity index (χ4v) is 0.540. The average Bonchev–Trinajstić information content (AvgIpc) is 1.97. The fraction of sp³-hybridized carbons (Fsp3) is 0.714. The molecule has 2 N–H and O–H groups in total. The summed E-state index contributed by atoms with van der Waals surface area (Å²) in [6, 6.07) is 2.97. The van der Waals surface area contributed by atoms with Crippen molar-refractivity contribution in [2.45, 2.75) is 20.8 Å². The molecule has 0 unspecified atom stereocenters. The second-order valence-corrected chi connectivity index (χ2v) is 2.88. The maximum Gasteiger partial charge on any atom is 0.394 e. The molecule has 0 spiro atoms. The lowest BCUT2D eigenvalue weighted by molar-refractivity contribution is 0.381. The SMILES string of the molecule is CC#CN(CC)CC.O=S(=O)(O)O. The molecule has 0 atom stereocenters. The van der Waals surface area contributed by atoms with E-state index in [2.05, 4.69) is 30.7 Å². The summed E-state index contributed by atoms with van der Waals surface area (Å²) in [4.78, 5) is 2.07. The molecule has 0 radical (unpaired) electrons. The minimum Gasteiger partial charge on any atom is -0.333 e. The first kappa shape index (κ1) is 14.7. The minimum absolute atomic E-state index is 1.03.